The molecule has 0 aromatic heterocycles. The predicted molar refractivity (Wildman–Crippen MR) is 74.6 cm³/mol. The average Bonchev–Trinajstić information content (AvgIpc) is 2.44. The lowest BCUT2D eigenvalue weighted by molar-refractivity contribution is -0.150. The molecule has 1 aromatic carbocycles. The Bertz CT molecular complexity index is 549. The molecule has 0 bridgehead atoms. The van der Waals surface area contributed by atoms with Crippen molar-refractivity contribution in [2.45, 2.75) is 13.0 Å². The number of ether oxygens (including phenoxy) is 2. The van der Waals surface area contributed by atoms with Crippen LogP contribution < -0.4 is 9.64 Å². The van der Waals surface area contributed by atoms with Crippen LogP contribution in [0.25, 0.3) is 0 Å². The van der Waals surface area contributed by atoms with Gasteiger partial charge < -0.3 is 9.47 Å². The zero-order valence-corrected chi connectivity index (χ0v) is 11.8. The number of anilines is 1. The Balaban J connectivity index is 2.31. The van der Waals surface area contributed by atoms with Crippen LogP contribution in [-0.4, -0.2) is 32.1 Å². The largest absolute Gasteiger partial charge is 0.497 e. The van der Waals surface area contributed by atoms with Gasteiger partial charge in [0.1, 0.15) is 11.8 Å². The monoisotopic (exact) mass is 275 g/mol. The summed E-state index contributed by atoms with van der Waals surface area (Å²) in [5, 5.41) is 0. The molecule has 0 N–H and O–H groups in total. The standard InChI is InChI=1S/C15H17NO4/c1-9(2)12-13(15(18)20-4)16(14(12)17)10-5-7-11(19-3)8-6-10/h5-8,12-13H,1H2,2-4H3/t12-,13-/m0/s1. The second-order valence-electron chi connectivity index (χ2n) is 4.70. The van der Waals surface area contributed by atoms with Gasteiger partial charge in [-0.15, -0.1) is 0 Å². The molecule has 2 atom stereocenters. The van der Waals surface area contributed by atoms with Crippen LogP contribution in [0.2, 0.25) is 0 Å². The van der Waals surface area contributed by atoms with Crippen LogP contribution >= 0.6 is 0 Å². The Morgan fingerprint density at radius 2 is 1.85 bits per heavy atom. The van der Waals surface area contributed by atoms with Crippen LogP contribution in [-0.2, 0) is 14.3 Å². The predicted octanol–water partition coefficient (Wildman–Crippen LogP) is 1.78. The third kappa shape index (κ3) is 2.15. The van der Waals surface area contributed by atoms with Crippen molar-refractivity contribution in [2.24, 2.45) is 5.92 Å². The summed E-state index contributed by atoms with van der Waals surface area (Å²) in [5.41, 5.74) is 1.30. The number of methoxy groups -OCH3 is 2. The number of hydrogen-bond acceptors (Lipinski definition) is 4. The number of nitrogens with zero attached hydrogens (tertiary/aromatic N) is 1. The molecule has 0 saturated carbocycles. The molecule has 2 rings (SSSR count). The number of carbonyl (C=O) groups is 2. The highest BCUT2D eigenvalue weighted by Crippen LogP contribution is 2.37. The molecule has 20 heavy (non-hydrogen) atoms. The highest BCUT2D eigenvalue weighted by molar-refractivity contribution is 6.12. The molecule has 106 valence electrons. The van der Waals surface area contributed by atoms with Crippen molar-refractivity contribution in [1.29, 1.82) is 0 Å². The van der Waals surface area contributed by atoms with E-state index >= 15 is 0 Å². The van der Waals surface area contributed by atoms with E-state index in [0.29, 0.717) is 17.0 Å². The van der Waals surface area contributed by atoms with Crippen LogP contribution in [0.3, 0.4) is 0 Å². The fourth-order valence-corrected chi connectivity index (χ4v) is 2.36. The highest BCUT2D eigenvalue weighted by Gasteiger charge is 2.53. The zero-order valence-electron chi connectivity index (χ0n) is 11.8. The first-order chi connectivity index (χ1) is 9.51. The molecular weight excluding hydrogens is 258 g/mol. The van der Waals surface area contributed by atoms with Crippen molar-refractivity contribution in [2.75, 3.05) is 19.1 Å². The van der Waals surface area contributed by atoms with Gasteiger partial charge in [-0.3, -0.25) is 9.69 Å². The first-order valence-electron chi connectivity index (χ1n) is 6.21. The first-order valence-corrected chi connectivity index (χ1v) is 6.21. The van der Waals surface area contributed by atoms with Crippen molar-refractivity contribution < 1.29 is 19.1 Å². The molecule has 0 radical (unpaired) electrons. The van der Waals surface area contributed by atoms with E-state index in [0.717, 1.165) is 0 Å². The number of rotatable bonds is 4. The van der Waals surface area contributed by atoms with Crippen LogP contribution in [0.5, 0.6) is 5.75 Å². The molecule has 5 nitrogen and oxygen atoms in total. The normalized spacial score (nSPS) is 21.1. The smallest absolute Gasteiger partial charge is 0.330 e. The maximum atomic E-state index is 12.2. The Labute approximate surface area is 117 Å². The summed E-state index contributed by atoms with van der Waals surface area (Å²) in [7, 11) is 2.88. The summed E-state index contributed by atoms with van der Waals surface area (Å²) < 4.78 is 9.85. The van der Waals surface area contributed by atoms with Crippen molar-refractivity contribution >= 4 is 17.6 Å². The van der Waals surface area contributed by atoms with E-state index in [4.69, 9.17) is 9.47 Å². The molecule has 1 amide bonds. The lowest BCUT2D eigenvalue weighted by Gasteiger charge is -2.45. The molecule has 0 aliphatic carbocycles. The van der Waals surface area contributed by atoms with E-state index in [1.54, 1.807) is 38.3 Å². The summed E-state index contributed by atoms with van der Waals surface area (Å²) in [6, 6.07) is 6.32. The lowest BCUT2D eigenvalue weighted by Crippen LogP contribution is -2.65. The minimum atomic E-state index is -0.640. The fourth-order valence-electron chi connectivity index (χ4n) is 2.36. The van der Waals surface area contributed by atoms with Crippen LogP contribution in [0.1, 0.15) is 6.92 Å². The van der Waals surface area contributed by atoms with Gasteiger partial charge in [-0.25, -0.2) is 4.79 Å². The third-order valence-corrected chi connectivity index (χ3v) is 3.42. The van der Waals surface area contributed by atoms with Crippen LogP contribution in [0.4, 0.5) is 5.69 Å². The number of benzene rings is 1. The molecule has 5 heteroatoms. The van der Waals surface area contributed by atoms with Gasteiger partial charge in [-0.2, -0.15) is 0 Å². The summed E-state index contributed by atoms with van der Waals surface area (Å²) in [6.07, 6.45) is 0. The van der Waals surface area contributed by atoms with Gasteiger partial charge in [-0.05, 0) is 31.2 Å². The molecule has 1 aliphatic heterocycles. The Hall–Kier alpha value is -2.30. The van der Waals surface area contributed by atoms with E-state index in [1.165, 1.54) is 12.0 Å². The van der Waals surface area contributed by atoms with Gasteiger partial charge >= 0.3 is 5.97 Å². The number of hydrogen-bond donors (Lipinski definition) is 0. The number of β-lactam (4-membered cyclic amide) rings is 1. The van der Waals surface area contributed by atoms with Crippen LogP contribution in [0, 0.1) is 5.92 Å². The van der Waals surface area contributed by atoms with Gasteiger partial charge in [0.05, 0.1) is 20.1 Å². The maximum absolute atomic E-state index is 12.2. The lowest BCUT2D eigenvalue weighted by atomic mass is 9.82. The Morgan fingerprint density at radius 3 is 2.30 bits per heavy atom. The van der Waals surface area contributed by atoms with E-state index < -0.39 is 17.9 Å². The minimum Gasteiger partial charge on any atom is -0.497 e. The molecule has 0 unspecified atom stereocenters. The van der Waals surface area contributed by atoms with E-state index in [2.05, 4.69) is 6.58 Å². The second kappa shape index (κ2) is 5.36. The second-order valence-corrected chi connectivity index (χ2v) is 4.70. The molecule has 0 spiro atoms. The van der Waals surface area contributed by atoms with Gasteiger partial charge in [0.2, 0.25) is 5.91 Å². The number of carbonyl (C=O) groups excluding carboxylic acids is 2. The van der Waals surface area contributed by atoms with Gasteiger partial charge in [0.15, 0.2) is 0 Å². The van der Waals surface area contributed by atoms with Crippen LogP contribution in [0.15, 0.2) is 36.4 Å². The molecule has 1 heterocycles. The third-order valence-electron chi connectivity index (χ3n) is 3.42. The Kier molecular flexibility index (Phi) is 3.79. The van der Waals surface area contributed by atoms with Crippen molar-refractivity contribution in [3.05, 3.63) is 36.4 Å². The van der Waals surface area contributed by atoms with E-state index in [1.807, 2.05) is 0 Å². The number of esters is 1. The molecule has 1 saturated heterocycles. The Morgan fingerprint density at radius 1 is 1.25 bits per heavy atom. The summed E-state index contributed by atoms with van der Waals surface area (Å²) in [4.78, 5) is 25.5. The summed E-state index contributed by atoms with van der Waals surface area (Å²) in [5.74, 6) is -0.399. The highest BCUT2D eigenvalue weighted by atomic mass is 16.5. The molecule has 1 aromatic rings. The van der Waals surface area contributed by atoms with Gasteiger partial charge in [0, 0.05) is 5.69 Å². The topological polar surface area (TPSA) is 55.8 Å². The SMILES string of the molecule is C=C(C)[C@@H]1C(=O)N(c2ccc(OC)cc2)[C@@H]1C(=O)OC. The average molecular weight is 275 g/mol. The maximum Gasteiger partial charge on any atom is 0.330 e. The fraction of sp³-hybridized carbons (Fsp3) is 0.333. The molecule has 1 aliphatic rings. The van der Waals surface area contributed by atoms with Gasteiger partial charge in [-0.1, -0.05) is 12.2 Å². The summed E-state index contributed by atoms with van der Waals surface area (Å²) in [6.45, 7) is 5.51. The quantitative estimate of drug-likeness (QED) is 0.477. The zero-order chi connectivity index (χ0) is 14.9. The van der Waals surface area contributed by atoms with E-state index in [9.17, 15) is 9.59 Å². The molecular formula is C15H17NO4. The van der Waals surface area contributed by atoms with Crippen molar-refractivity contribution in [1.82, 2.24) is 0 Å². The first kappa shape index (κ1) is 14.1. The minimum absolute atomic E-state index is 0.141. The summed E-state index contributed by atoms with van der Waals surface area (Å²) >= 11 is 0. The van der Waals surface area contributed by atoms with Crippen molar-refractivity contribution in [3.8, 4) is 5.75 Å². The number of amides is 1. The van der Waals surface area contributed by atoms with Crippen molar-refractivity contribution in [3.63, 3.8) is 0 Å². The van der Waals surface area contributed by atoms with E-state index in [-0.39, 0.29) is 5.91 Å². The molecule has 1 fully saturated rings. The van der Waals surface area contributed by atoms with Gasteiger partial charge in [0.25, 0.3) is 0 Å².